The summed E-state index contributed by atoms with van der Waals surface area (Å²) in [5.41, 5.74) is 0. The van der Waals surface area contributed by atoms with Gasteiger partial charge in [-0.15, -0.1) is 0 Å². The van der Waals surface area contributed by atoms with Gasteiger partial charge < -0.3 is 14.2 Å². The van der Waals surface area contributed by atoms with Crippen LogP contribution in [0.1, 0.15) is 156 Å². The van der Waals surface area contributed by atoms with Crippen LogP contribution in [0.5, 0.6) is 17.2 Å². The summed E-state index contributed by atoms with van der Waals surface area (Å²) in [6.07, 6.45) is 26.9. The Labute approximate surface area is 238 Å². The molecule has 0 aliphatic carbocycles. The van der Waals surface area contributed by atoms with Gasteiger partial charge in [0.25, 0.3) is 0 Å². The van der Waals surface area contributed by atoms with Crippen molar-refractivity contribution in [3.05, 3.63) is 16.6 Å². The highest BCUT2D eigenvalue weighted by molar-refractivity contribution is 9.10. The van der Waals surface area contributed by atoms with Crippen molar-refractivity contribution in [2.45, 2.75) is 156 Å². The zero-order valence-corrected chi connectivity index (χ0v) is 26.3. The number of hydrogen-bond donors (Lipinski definition) is 0. The van der Waals surface area contributed by atoms with E-state index in [4.69, 9.17) is 14.2 Å². The molecular formula is C33H59BrO3. The third kappa shape index (κ3) is 18.9. The third-order valence-electron chi connectivity index (χ3n) is 6.99. The molecule has 0 atom stereocenters. The van der Waals surface area contributed by atoms with Crippen molar-refractivity contribution in [1.29, 1.82) is 0 Å². The van der Waals surface area contributed by atoms with E-state index in [-0.39, 0.29) is 0 Å². The standard InChI is InChI=1S/C33H59BrO3/c1-4-7-10-13-16-19-22-25-35-31-28-30(34)29-32(36-26-23-20-17-14-11-8-5-2)33(31)37-27-24-21-18-15-12-9-6-3/h28-29H,4-27H2,1-3H3. The van der Waals surface area contributed by atoms with Crippen LogP contribution in [0.2, 0.25) is 0 Å². The SMILES string of the molecule is CCCCCCCCCOc1cc(Br)cc(OCCCCCCCCC)c1OCCCCCCCCC. The van der Waals surface area contributed by atoms with Crippen molar-refractivity contribution < 1.29 is 14.2 Å². The predicted octanol–water partition coefficient (Wildman–Crippen LogP) is 11.8. The minimum absolute atomic E-state index is 0.719. The molecular weight excluding hydrogens is 524 g/mol. The summed E-state index contributed by atoms with van der Waals surface area (Å²) in [5.74, 6) is 2.43. The van der Waals surface area contributed by atoms with Crippen LogP contribution in [0.4, 0.5) is 0 Å². The molecule has 0 bridgehead atoms. The summed E-state index contributed by atoms with van der Waals surface area (Å²) in [4.78, 5) is 0. The summed E-state index contributed by atoms with van der Waals surface area (Å²) >= 11 is 3.67. The van der Waals surface area contributed by atoms with Crippen molar-refractivity contribution in [1.82, 2.24) is 0 Å². The largest absolute Gasteiger partial charge is 0.490 e. The van der Waals surface area contributed by atoms with Gasteiger partial charge >= 0.3 is 0 Å². The predicted molar refractivity (Wildman–Crippen MR) is 165 cm³/mol. The van der Waals surface area contributed by atoms with Crippen molar-refractivity contribution in [3.63, 3.8) is 0 Å². The van der Waals surface area contributed by atoms with Crippen LogP contribution in [0.15, 0.2) is 16.6 Å². The first-order valence-electron chi connectivity index (χ1n) is 15.9. The van der Waals surface area contributed by atoms with Crippen LogP contribution in [-0.2, 0) is 0 Å². The van der Waals surface area contributed by atoms with Gasteiger partial charge in [0, 0.05) is 4.47 Å². The molecule has 4 heteroatoms. The molecule has 0 saturated heterocycles. The second-order valence-electron chi connectivity index (χ2n) is 10.6. The molecule has 0 heterocycles. The second kappa shape index (κ2) is 25.4. The Bertz CT molecular complexity index is 593. The molecule has 0 unspecified atom stereocenters. The Morgan fingerprint density at radius 2 is 0.730 bits per heavy atom. The molecule has 1 aromatic rings. The summed E-state index contributed by atoms with van der Waals surface area (Å²) in [6.45, 7) is 8.99. The summed E-state index contributed by atoms with van der Waals surface area (Å²) < 4.78 is 19.8. The Morgan fingerprint density at radius 1 is 0.432 bits per heavy atom. The van der Waals surface area contributed by atoms with Crippen molar-refractivity contribution >= 4 is 15.9 Å². The molecule has 0 saturated carbocycles. The van der Waals surface area contributed by atoms with Crippen molar-refractivity contribution in [3.8, 4) is 17.2 Å². The summed E-state index contributed by atoms with van der Waals surface area (Å²) in [7, 11) is 0. The monoisotopic (exact) mass is 582 g/mol. The molecule has 1 aromatic carbocycles. The van der Waals surface area contributed by atoms with Gasteiger partial charge in [0.15, 0.2) is 11.5 Å². The maximum Gasteiger partial charge on any atom is 0.203 e. The van der Waals surface area contributed by atoms with Gasteiger partial charge in [-0.1, -0.05) is 152 Å². The van der Waals surface area contributed by atoms with E-state index in [9.17, 15) is 0 Å². The third-order valence-corrected chi connectivity index (χ3v) is 7.45. The lowest BCUT2D eigenvalue weighted by Gasteiger charge is -2.18. The fourth-order valence-electron chi connectivity index (χ4n) is 4.62. The topological polar surface area (TPSA) is 27.7 Å². The molecule has 0 N–H and O–H groups in total. The second-order valence-corrected chi connectivity index (χ2v) is 11.6. The zero-order valence-electron chi connectivity index (χ0n) is 24.7. The number of unbranched alkanes of at least 4 members (excludes halogenated alkanes) is 18. The maximum atomic E-state index is 6.33. The van der Waals surface area contributed by atoms with E-state index < -0.39 is 0 Å². The van der Waals surface area contributed by atoms with Crippen LogP contribution in [0, 0.1) is 0 Å². The fraction of sp³-hybridized carbons (Fsp3) is 0.818. The van der Waals surface area contributed by atoms with E-state index in [2.05, 4.69) is 36.7 Å². The van der Waals surface area contributed by atoms with Crippen LogP contribution in [0.25, 0.3) is 0 Å². The Hall–Kier alpha value is -0.900. The van der Waals surface area contributed by atoms with Gasteiger partial charge in [-0.2, -0.15) is 0 Å². The number of benzene rings is 1. The van der Waals surface area contributed by atoms with E-state index in [1.165, 1.54) is 116 Å². The summed E-state index contributed by atoms with van der Waals surface area (Å²) in [6, 6.07) is 4.09. The van der Waals surface area contributed by atoms with Crippen LogP contribution >= 0.6 is 15.9 Å². The molecule has 0 aliphatic heterocycles. The fourth-order valence-corrected chi connectivity index (χ4v) is 5.03. The molecule has 37 heavy (non-hydrogen) atoms. The van der Waals surface area contributed by atoms with E-state index in [0.717, 1.165) is 60.8 Å². The molecule has 0 spiro atoms. The van der Waals surface area contributed by atoms with Gasteiger partial charge in [0.2, 0.25) is 5.75 Å². The molecule has 0 aromatic heterocycles. The molecule has 3 nitrogen and oxygen atoms in total. The van der Waals surface area contributed by atoms with Gasteiger partial charge in [0.1, 0.15) is 0 Å². The highest BCUT2D eigenvalue weighted by atomic mass is 79.9. The van der Waals surface area contributed by atoms with Crippen molar-refractivity contribution in [2.24, 2.45) is 0 Å². The normalized spacial score (nSPS) is 11.1. The average Bonchev–Trinajstić information content (AvgIpc) is 2.89. The Morgan fingerprint density at radius 3 is 1.08 bits per heavy atom. The Balaban J connectivity index is 2.57. The summed E-state index contributed by atoms with van der Waals surface area (Å²) in [5, 5.41) is 0. The van der Waals surface area contributed by atoms with Crippen molar-refractivity contribution in [2.75, 3.05) is 19.8 Å². The van der Waals surface area contributed by atoms with E-state index >= 15 is 0 Å². The smallest absolute Gasteiger partial charge is 0.203 e. The minimum Gasteiger partial charge on any atom is -0.490 e. The number of halogens is 1. The first kappa shape index (κ1) is 34.1. The number of ether oxygens (including phenoxy) is 3. The lowest BCUT2D eigenvalue weighted by atomic mass is 10.1. The van der Waals surface area contributed by atoms with Crippen LogP contribution in [-0.4, -0.2) is 19.8 Å². The first-order valence-corrected chi connectivity index (χ1v) is 16.7. The van der Waals surface area contributed by atoms with E-state index in [0.29, 0.717) is 0 Å². The van der Waals surface area contributed by atoms with E-state index in [1.807, 2.05) is 12.1 Å². The quantitative estimate of drug-likeness (QED) is 0.0964. The molecule has 0 aliphatic rings. The van der Waals surface area contributed by atoms with Gasteiger partial charge in [-0.05, 0) is 31.4 Å². The average molecular weight is 584 g/mol. The molecule has 1 rings (SSSR count). The number of hydrogen-bond acceptors (Lipinski definition) is 3. The first-order chi connectivity index (χ1) is 18.2. The Kier molecular flexibility index (Phi) is 23.4. The van der Waals surface area contributed by atoms with Gasteiger partial charge in [-0.3, -0.25) is 0 Å². The lowest BCUT2D eigenvalue weighted by molar-refractivity contribution is 0.234. The van der Waals surface area contributed by atoms with Crippen LogP contribution in [0.3, 0.4) is 0 Å². The van der Waals surface area contributed by atoms with Gasteiger partial charge in [-0.25, -0.2) is 0 Å². The highest BCUT2D eigenvalue weighted by Crippen LogP contribution is 2.41. The lowest BCUT2D eigenvalue weighted by Crippen LogP contribution is -2.06. The molecule has 216 valence electrons. The minimum atomic E-state index is 0.719. The maximum absolute atomic E-state index is 6.33. The van der Waals surface area contributed by atoms with Gasteiger partial charge in [0.05, 0.1) is 19.8 Å². The van der Waals surface area contributed by atoms with Crippen LogP contribution < -0.4 is 14.2 Å². The highest BCUT2D eigenvalue weighted by Gasteiger charge is 2.15. The van der Waals surface area contributed by atoms with E-state index in [1.54, 1.807) is 0 Å². The molecule has 0 amide bonds. The molecule has 0 fully saturated rings. The number of rotatable bonds is 27. The molecule has 0 radical (unpaired) electrons. The zero-order chi connectivity index (χ0) is 26.8.